The van der Waals surface area contributed by atoms with E-state index in [0.717, 1.165) is 36.6 Å². The van der Waals surface area contributed by atoms with Gasteiger partial charge in [-0.05, 0) is 38.0 Å². The Kier molecular flexibility index (Phi) is 5.14. The van der Waals surface area contributed by atoms with Gasteiger partial charge in [-0.25, -0.2) is 19.2 Å². The van der Waals surface area contributed by atoms with Gasteiger partial charge in [0.2, 0.25) is 5.95 Å². The van der Waals surface area contributed by atoms with Gasteiger partial charge in [0.15, 0.2) is 5.82 Å². The molecule has 34 heavy (non-hydrogen) atoms. The van der Waals surface area contributed by atoms with E-state index in [9.17, 15) is 9.18 Å². The largest absolute Gasteiger partial charge is 0.443 e. The van der Waals surface area contributed by atoms with Crippen molar-refractivity contribution in [2.45, 2.75) is 62.4 Å². The highest BCUT2D eigenvalue weighted by atomic mass is 35.5. The Hall–Kier alpha value is -2.92. The second-order valence-electron chi connectivity index (χ2n) is 9.64. The molecule has 0 unspecified atom stereocenters. The van der Waals surface area contributed by atoms with Crippen LogP contribution < -0.4 is 10.6 Å². The summed E-state index contributed by atoms with van der Waals surface area (Å²) in [6.45, 7) is 0.361. The van der Waals surface area contributed by atoms with Gasteiger partial charge in [-0.15, -0.1) is 0 Å². The van der Waals surface area contributed by atoms with E-state index < -0.39 is 18.4 Å². The minimum absolute atomic E-state index is 0.0884. The molecule has 0 aliphatic heterocycles. The highest BCUT2D eigenvalue weighted by Crippen LogP contribution is 2.57. The number of nitrogens with zero attached hydrogens (tertiary/aromatic N) is 4. The molecule has 3 atom stereocenters. The number of amides is 1. The van der Waals surface area contributed by atoms with E-state index in [0.29, 0.717) is 30.4 Å². The van der Waals surface area contributed by atoms with E-state index in [-0.39, 0.29) is 23.0 Å². The van der Waals surface area contributed by atoms with E-state index in [2.05, 4.69) is 30.8 Å². The molecule has 4 saturated carbocycles. The summed E-state index contributed by atoms with van der Waals surface area (Å²) in [6.07, 6.45) is 3.00. The number of anilines is 2. The van der Waals surface area contributed by atoms with Crippen LogP contribution in [0.5, 0.6) is 0 Å². The van der Waals surface area contributed by atoms with Crippen LogP contribution in [0.25, 0.3) is 5.65 Å². The maximum Gasteiger partial charge on any atom is 0.407 e. The van der Waals surface area contributed by atoms with Gasteiger partial charge in [0.25, 0.3) is 0 Å². The number of carbonyl (C=O) groups is 1. The Bertz CT molecular complexity index is 1230. The number of halogens is 2. The Labute approximate surface area is 199 Å². The quantitative estimate of drug-likeness (QED) is 0.431. The van der Waals surface area contributed by atoms with Crippen molar-refractivity contribution in [3.63, 3.8) is 0 Å². The number of alkyl halides is 1. The standard InChI is InChI=1S/C22H25ClFN7O3/c1-33-10-13-9-31-19(25-13)5-17(23)26-20(31)27-18-4-15(29-30-18)12-2-14(24)16(3-12)34-21(32)28-22-6-11(7-22)8-22/h4-5,9,11-12,14,16H,2-3,6-8,10H2,1H3,(H,28,32)(H2,26,27,29,30)/t11?,12-,14+,16-,22?/m0/s1. The lowest BCUT2D eigenvalue weighted by molar-refractivity contribution is -0.0530. The van der Waals surface area contributed by atoms with Crippen LogP contribution in [0.1, 0.15) is 49.4 Å². The van der Waals surface area contributed by atoms with Gasteiger partial charge in [0.05, 0.1) is 12.3 Å². The molecule has 180 valence electrons. The van der Waals surface area contributed by atoms with Crippen LogP contribution in [0.3, 0.4) is 0 Å². The predicted molar refractivity (Wildman–Crippen MR) is 121 cm³/mol. The third kappa shape index (κ3) is 3.86. The summed E-state index contributed by atoms with van der Waals surface area (Å²) in [4.78, 5) is 21.0. The molecule has 2 bridgehead atoms. The summed E-state index contributed by atoms with van der Waals surface area (Å²) in [6, 6.07) is 3.47. The van der Waals surface area contributed by atoms with E-state index in [1.54, 1.807) is 17.6 Å². The number of hydrogen-bond acceptors (Lipinski definition) is 7. The van der Waals surface area contributed by atoms with Crippen molar-refractivity contribution in [3.8, 4) is 0 Å². The zero-order chi connectivity index (χ0) is 23.4. The zero-order valence-corrected chi connectivity index (χ0v) is 19.3. The molecule has 4 aliphatic rings. The first-order chi connectivity index (χ1) is 16.4. The summed E-state index contributed by atoms with van der Waals surface area (Å²) in [5.41, 5.74) is 2.04. The average Bonchev–Trinajstić information content (AvgIpc) is 3.43. The van der Waals surface area contributed by atoms with E-state index in [1.807, 2.05) is 12.3 Å². The number of imidazole rings is 1. The molecule has 3 heterocycles. The molecule has 3 N–H and O–H groups in total. The topological polar surface area (TPSA) is 118 Å². The highest BCUT2D eigenvalue weighted by molar-refractivity contribution is 6.29. The molecule has 4 aliphatic carbocycles. The first-order valence-corrected chi connectivity index (χ1v) is 11.8. The van der Waals surface area contributed by atoms with Crippen LogP contribution in [0.2, 0.25) is 5.15 Å². The summed E-state index contributed by atoms with van der Waals surface area (Å²) >= 11 is 6.16. The van der Waals surface area contributed by atoms with Crippen molar-refractivity contribution in [1.82, 2.24) is 29.9 Å². The Balaban J connectivity index is 1.12. The number of nitrogens with one attached hydrogen (secondary N) is 3. The van der Waals surface area contributed by atoms with Crippen LogP contribution in [-0.4, -0.2) is 55.6 Å². The first kappa shape index (κ1) is 21.6. The average molecular weight is 490 g/mol. The van der Waals surface area contributed by atoms with Crippen molar-refractivity contribution in [2.75, 3.05) is 12.4 Å². The van der Waals surface area contributed by atoms with Gasteiger partial charge in [0.1, 0.15) is 23.1 Å². The number of aromatic nitrogens is 5. The van der Waals surface area contributed by atoms with E-state index >= 15 is 0 Å². The number of H-pyrrole nitrogens is 1. The summed E-state index contributed by atoms with van der Waals surface area (Å²) in [5, 5.41) is 13.6. The van der Waals surface area contributed by atoms with Crippen LogP contribution >= 0.6 is 11.6 Å². The minimum atomic E-state index is -1.22. The highest BCUT2D eigenvalue weighted by Gasteiger charge is 2.58. The molecule has 12 heteroatoms. The minimum Gasteiger partial charge on any atom is -0.443 e. The number of hydrogen-bond donors (Lipinski definition) is 3. The molecule has 3 aromatic heterocycles. The van der Waals surface area contributed by atoms with Crippen LogP contribution in [0.4, 0.5) is 21.0 Å². The van der Waals surface area contributed by atoms with Gasteiger partial charge < -0.3 is 20.1 Å². The number of carbonyl (C=O) groups excluding carboxylic acids is 1. The molecule has 0 spiro atoms. The fourth-order valence-corrected chi connectivity index (χ4v) is 5.56. The smallest absolute Gasteiger partial charge is 0.407 e. The van der Waals surface area contributed by atoms with Crippen LogP contribution in [0.15, 0.2) is 18.3 Å². The van der Waals surface area contributed by atoms with Gasteiger partial charge in [-0.2, -0.15) is 5.10 Å². The molecule has 3 aromatic rings. The lowest BCUT2D eigenvalue weighted by Gasteiger charge is -2.61. The summed E-state index contributed by atoms with van der Waals surface area (Å²) < 4.78 is 27.0. The number of rotatable bonds is 7. The first-order valence-electron chi connectivity index (χ1n) is 11.4. The molecule has 0 aromatic carbocycles. The molecule has 7 rings (SSSR count). The van der Waals surface area contributed by atoms with E-state index in [4.69, 9.17) is 21.1 Å². The zero-order valence-electron chi connectivity index (χ0n) is 18.6. The summed E-state index contributed by atoms with van der Waals surface area (Å²) in [7, 11) is 1.60. The van der Waals surface area contributed by atoms with Gasteiger partial charge in [-0.3, -0.25) is 9.50 Å². The molecule has 10 nitrogen and oxygen atoms in total. The van der Waals surface area contributed by atoms with Crippen LogP contribution in [0, 0.1) is 5.92 Å². The predicted octanol–water partition coefficient (Wildman–Crippen LogP) is 3.86. The number of fused-ring (bicyclic) bond motifs is 1. The van der Waals surface area contributed by atoms with Crippen molar-refractivity contribution in [3.05, 3.63) is 34.9 Å². The van der Waals surface area contributed by atoms with Gasteiger partial charge >= 0.3 is 6.09 Å². The molecule has 1 amide bonds. The van der Waals surface area contributed by atoms with E-state index in [1.165, 1.54) is 0 Å². The Morgan fingerprint density at radius 3 is 2.88 bits per heavy atom. The van der Waals surface area contributed by atoms with Gasteiger partial charge in [-0.1, -0.05) is 11.6 Å². The Morgan fingerprint density at radius 2 is 2.15 bits per heavy atom. The molecular formula is C22H25ClFN7O3. The SMILES string of the molecule is COCc1cn2c(Nc3cc([C@H]4C[C@@H](F)[C@@H](OC(=O)NC56CC(C5)C6)C4)[nH]n3)nc(Cl)cc2n1. The number of methoxy groups -OCH3 is 1. The normalized spacial score (nSPS) is 29.5. The van der Waals surface area contributed by atoms with Crippen molar-refractivity contribution < 1.29 is 18.7 Å². The van der Waals surface area contributed by atoms with Crippen LogP contribution in [-0.2, 0) is 16.1 Å². The molecule has 0 saturated heterocycles. The van der Waals surface area contributed by atoms with Gasteiger partial charge in [0, 0.05) is 42.6 Å². The lowest BCUT2D eigenvalue weighted by atomic mass is 9.50. The Morgan fingerprint density at radius 1 is 1.32 bits per heavy atom. The number of aromatic amines is 1. The maximum absolute atomic E-state index is 14.7. The fraction of sp³-hybridized carbons (Fsp3) is 0.545. The fourth-order valence-electron chi connectivity index (χ4n) is 5.38. The summed E-state index contributed by atoms with van der Waals surface area (Å²) in [5.74, 6) is 1.55. The second-order valence-corrected chi connectivity index (χ2v) is 10.0. The molecular weight excluding hydrogens is 465 g/mol. The van der Waals surface area contributed by atoms with Crippen molar-refractivity contribution in [1.29, 1.82) is 0 Å². The monoisotopic (exact) mass is 489 g/mol. The van der Waals surface area contributed by atoms with Crippen molar-refractivity contribution in [2.24, 2.45) is 5.92 Å². The molecule has 0 radical (unpaired) electrons. The maximum atomic E-state index is 14.7. The lowest BCUT2D eigenvalue weighted by Crippen LogP contribution is -2.68. The number of alkyl carbamates (subject to hydrolysis) is 1. The third-order valence-electron chi connectivity index (χ3n) is 7.14. The third-order valence-corrected chi connectivity index (χ3v) is 7.33. The second kappa shape index (κ2) is 8.09. The molecule has 4 fully saturated rings. The number of ether oxygens (including phenoxy) is 2. The van der Waals surface area contributed by atoms with Crippen molar-refractivity contribution >= 4 is 35.1 Å².